The Morgan fingerprint density at radius 2 is 2.17 bits per heavy atom. The molecule has 94 valence electrons. The second kappa shape index (κ2) is 4.53. The van der Waals surface area contributed by atoms with Gasteiger partial charge in [0.25, 0.3) is 0 Å². The first kappa shape index (κ1) is 11.4. The van der Waals surface area contributed by atoms with Gasteiger partial charge in [-0.3, -0.25) is 0 Å². The van der Waals surface area contributed by atoms with E-state index < -0.39 is 0 Å². The molecule has 1 aromatic carbocycles. The van der Waals surface area contributed by atoms with Crippen LogP contribution in [0.3, 0.4) is 0 Å². The highest BCUT2D eigenvalue weighted by Gasteiger charge is 2.13. The van der Waals surface area contributed by atoms with Crippen LogP contribution in [0, 0.1) is 0 Å². The molecule has 0 saturated heterocycles. The van der Waals surface area contributed by atoms with Gasteiger partial charge in [0.05, 0.1) is 0 Å². The molecule has 3 rings (SSSR count). The average Bonchev–Trinajstić information content (AvgIpc) is 2.87. The van der Waals surface area contributed by atoms with Gasteiger partial charge in [0.2, 0.25) is 0 Å². The van der Waals surface area contributed by atoms with Crippen LogP contribution in [0.15, 0.2) is 24.5 Å². The quantitative estimate of drug-likeness (QED) is 0.877. The summed E-state index contributed by atoms with van der Waals surface area (Å²) in [5.74, 6) is 0.957. The van der Waals surface area contributed by atoms with Gasteiger partial charge < -0.3 is 9.88 Å². The van der Waals surface area contributed by atoms with Crippen LogP contribution in [0.25, 0.3) is 11.4 Å². The highest BCUT2D eigenvalue weighted by Crippen LogP contribution is 2.24. The topological polar surface area (TPSA) is 42.7 Å². The summed E-state index contributed by atoms with van der Waals surface area (Å²) in [6, 6.07) is 7.01. The third-order valence-corrected chi connectivity index (χ3v) is 3.48. The number of rotatable bonds is 2. The number of nitrogens with zero attached hydrogens (tertiary/aromatic N) is 3. The van der Waals surface area contributed by atoms with Crippen LogP contribution < -0.4 is 5.32 Å². The summed E-state index contributed by atoms with van der Waals surface area (Å²) in [5, 5.41) is 11.7. The van der Waals surface area contributed by atoms with Gasteiger partial charge in [-0.15, -0.1) is 10.2 Å². The summed E-state index contributed by atoms with van der Waals surface area (Å²) in [6.07, 6.45) is 2.92. The molecular weight excluding hydrogens is 224 g/mol. The van der Waals surface area contributed by atoms with Gasteiger partial charge in [-0.25, -0.2) is 0 Å². The fraction of sp³-hybridized carbons (Fsp3) is 0.429. The molecule has 0 spiro atoms. The first-order valence-corrected chi connectivity index (χ1v) is 6.48. The maximum absolute atomic E-state index is 4.25. The van der Waals surface area contributed by atoms with E-state index in [9.17, 15) is 0 Å². The Kier molecular flexibility index (Phi) is 2.88. The molecule has 2 heterocycles. The zero-order valence-electron chi connectivity index (χ0n) is 10.8. The van der Waals surface area contributed by atoms with Crippen molar-refractivity contribution in [3.05, 3.63) is 35.7 Å². The van der Waals surface area contributed by atoms with Gasteiger partial charge in [-0.2, -0.15) is 0 Å². The summed E-state index contributed by atoms with van der Waals surface area (Å²) >= 11 is 0. The molecule has 0 amide bonds. The van der Waals surface area contributed by atoms with Crippen molar-refractivity contribution in [3.8, 4) is 11.4 Å². The first-order valence-electron chi connectivity index (χ1n) is 6.48. The maximum Gasteiger partial charge on any atom is 0.163 e. The van der Waals surface area contributed by atoms with Crippen molar-refractivity contribution in [1.29, 1.82) is 0 Å². The van der Waals surface area contributed by atoms with Crippen molar-refractivity contribution in [3.63, 3.8) is 0 Å². The van der Waals surface area contributed by atoms with E-state index in [2.05, 4.69) is 52.1 Å². The van der Waals surface area contributed by atoms with E-state index in [1.165, 1.54) is 11.1 Å². The van der Waals surface area contributed by atoms with Crippen LogP contribution in [0.4, 0.5) is 0 Å². The molecule has 1 aliphatic heterocycles. The molecule has 0 saturated carbocycles. The predicted octanol–water partition coefficient (Wildman–Crippen LogP) is 2.17. The average molecular weight is 242 g/mol. The lowest BCUT2D eigenvalue weighted by molar-refractivity contribution is 0.603. The Labute approximate surface area is 107 Å². The molecule has 1 aromatic heterocycles. The Hall–Kier alpha value is -1.68. The van der Waals surface area contributed by atoms with Crippen molar-refractivity contribution in [2.24, 2.45) is 0 Å². The molecule has 0 atom stereocenters. The highest BCUT2D eigenvalue weighted by atomic mass is 15.3. The van der Waals surface area contributed by atoms with E-state index in [4.69, 9.17) is 0 Å². The predicted molar refractivity (Wildman–Crippen MR) is 71.3 cm³/mol. The zero-order valence-corrected chi connectivity index (χ0v) is 10.8. The smallest absolute Gasteiger partial charge is 0.163 e. The van der Waals surface area contributed by atoms with E-state index in [0.29, 0.717) is 6.04 Å². The molecule has 0 fully saturated rings. The number of nitrogens with one attached hydrogen (secondary N) is 1. The monoisotopic (exact) mass is 242 g/mol. The SMILES string of the molecule is CC(C)n1cnnc1-c1ccc2c(c1)CNCC2. The third kappa shape index (κ3) is 1.93. The zero-order chi connectivity index (χ0) is 12.5. The molecule has 1 N–H and O–H groups in total. The molecule has 0 aliphatic carbocycles. The third-order valence-electron chi connectivity index (χ3n) is 3.48. The normalized spacial score (nSPS) is 14.8. The summed E-state index contributed by atoms with van der Waals surface area (Å²) < 4.78 is 2.11. The summed E-state index contributed by atoms with van der Waals surface area (Å²) in [7, 11) is 0. The summed E-state index contributed by atoms with van der Waals surface area (Å²) in [4.78, 5) is 0. The second-order valence-electron chi connectivity index (χ2n) is 5.07. The molecule has 0 radical (unpaired) electrons. The van der Waals surface area contributed by atoms with Crippen LogP contribution in [0.5, 0.6) is 0 Å². The Morgan fingerprint density at radius 3 is 3.00 bits per heavy atom. The molecule has 2 aromatic rings. The van der Waals surface area contributed by atoms with Crippen molar-refractivity contribution in [2.75, 3.05) is 6.54 Å². The Bertz CT molecular complexity index is 557. The standard InChI is InChI=1S/C14H18N4/c1-10(2)18-9-16-17-14(18)12-4-3-11-5-6-15-8-13(11)7-12/h3-4,7,9-10,15H,5-6,8H2,1-2H3. The van der Waals surface area contributed by atoms with E-state index in [0.717, 1.165) is 30.9 Å². The van der Waals surface area contributed by atoms with E-state index >= 15 is 0 Å². The van der Waals surface area contributed by atoms with E-state index in [1.54, 1.807) is 6.33 Å². The minimum atomic E-state index is 0.379. The van der Waals surface area contributed by atoms with Gasteiger partial charge in [-0.1, -0.05) is 12.1 Å². The molecule has 18 heavy (non-hydrogen) atoms. The highest BCUT2D eigenvalue weighted by molar-refractivity contribution is 5.58. The van der Waals surface area contributed by atoms with Crippen molar-refractivity contribution in [1.82, 2.24) is 20.1 Å². The fourth-order valence-corrected chi connectivity index (χ4v) is 2.45. The van der Waals surface area contributed by atoms with Crippen molar-refractivity contribution >= 4 is 0 Å². The lowest BCUT2D eigenvalue weighted by Gasteiger charge is -2.18. The second-order valence-corrected chi connectivity index (χ2v) is 5.07. The van der Waals surface area contributed by atoms with Crippen molar-refractivity contribution in [2.45, 2.75) is 32.9 Å². The van der Waals surface area contributed by atoms with Crippen LogP contribution in [0.1, 0.15) is 31.0 Å². The van der Waals surface area contributed by atoms with Crippen LogP contribution in [-0.2, 0) is 13.0 Å². The van der Waals surface area contributed by atoms with E-state index in [-0.39, 0.29) is 0 Å². The summed E-state index contributed by atoms with van der Waals surface area (Å²) in [6.45, 7) is 6.33. The molecular formula is C14H18N4. The number of hydrogen-bond acceptors (Lipinski definition) is 3. The lowest BCUT2D eigenvalue weighted by Crippen LogP contribution is -2.23. The van der Waals surface area contributed by atoms with Gasteiger partial charge in [-0.05, 0) is 44.0 Å². The minimum Gasteiger partial charge on any atom is -0.312 e. The largest absolute Gasteiger partial charge is 0.312 e. The number of aromatic nitrogens is 3. The molecule has 4 heteroatoms. The van der Waals surface area contributed by atoms with Gasteiger partial charge in [0, 0.05) is 18.2 Å². The van der Waals surface area contributed by atoms with E-state index in [1.807, 2.05) is 0 Å². The van der Waals surface area contributed by atoms with Crippen LogP contribution in [-0.4, -0.2) is 21.3 Å². The molecule has 0 bridgehead atoms. The molecule has 0 unspecified atom stereocenters. The fourth-order valence-electron chi connectivity index (χ4n) is 2.45. The van der Waals surface area contributed by atoms with Gasteiger partial charge >= 0.3 is 0 Å². The lowest BCUT2D eigenvalue weighted by atomic mass is 9.98. The summed E-state index contributed by atoms with van der Waals surface area (Å²) in [5.41, 5.74) is 3.99. The van der Waals surface area contributed by atoms with Crippen molar-refractivity contribution < 1.29 is 0 Å². The Balaban J connectivity index is 2.04. The Morgan fingerprint density at radius 1 is 1.28 bits per heavy atom. The number of fused-ring (bicyclic) bond motifs is 1. The maximum atomic E-state index is 4.25. The number of benzene rings is 1. The number of hydrogen-bond donors (Lipinski definition) is 1. The van der Waals surface area contributed by atoms with Gasteiger partial charge in [0.15, 0.2) is 5.82 Å². The van der Waals surface area contributed by atoms with Crippen LogP contribution in [0.2, 0.25) is 0 Å². The molecule has 1 aliphatic rings. The minimum absolute atomic E-state index is 0.379. The van der Waals surface area contributed by atoms with Crippen LogP contribution >= 0.6 is 0 Å². The first-order chi connectivity index (χ1) is 8.75. The van der Waals surface area contributed by atoms with Gasteiger partial charge in [0.1, 0.15) is 6.33 Å². The molecule has 4 nitrogen and oxygen atoms in total.